The maximum Gasteiger partial charge on any atom is 0.314 e. The average Bonchev–Trinajstić information content (AvgIpc) is 2.46. The van der Waals surface area contributed by atoms with Crippen LogP contribution in [0.15, 0.2) is 24.3 Å². The molecule has 0 spiro atoms. The highest BCUT2D eigenvalue weighted by molar-refractivity contribution is 5.78. The van der Waals surface area contributed by atoms with Crippen molar-refractivity contribution in [3.63, 3.8) is 0 Å². The van der Waals surface area contributed by atoms with Gasteiger partial charge in [-0.3, -0.25) is 9.69 Å². The van der Waals surface area contributed by atoms with Crippen molar-refractivity contribution in [2.24, 2.45) is 0 Å². The van der Waals surface area contributed by atoms with Gasteiger partial charge in [0.1, 0.15) is 5.75 Å². The van der Waals surface area contributed by atoms with Crippen LogP contribution in [0, 0.1) is 0 Å². The molecule has 1 heterocycles. The molecule has 1 aromatic rings. The number of nitrogens with zero attached hydrogens (tertiary/aromatic N) is 1. The number of rotatable bonds is 4. The van der Waals surface area contributed by atoms with Crippen LogP contribution < -0.4 is 5.32 Å². The van der Waals surface area contributed by atoms with E-state index in [1.54, 1.807) is 24.3 Å². The first-order valence-electron chi connectivity index (χ1n) is 6.50. The van der Waals surface area contributed by atoms with Crippen LogP contribution in [0.25, 0.3) is 0 Å². The van der Waals surface area contributed by atoms with Gasteiger partial charge in [0.05, 0.1) is 13.0 Å². The third-order valence-corrected chi connectivity index (χ3v) is 3.43. The number of esters is 1. The Morgan fingerprint density at radius 2 is 2.00 bits per heavy atom. The summed E-state index contributed by atoms with van der Waals surface area (Å²) in [6, 6.07) is 6.75. The van der Waals surface area contributed by atoms with E-state index in [9.17, 15) is 9.90 Å². The highest BCUT2D eigenvalue weighted by atomic mass is 16.5. The normalized spacial score (nSPS) is 17.9. The first-order valence-corrected chi connectivity index (χ1v) is 6.50. The first kappa shape index (κ1) is 13.8. The highest BCUT2D eigenvalue weighted by Gasteiger charge is 2.25. The summed E-state index contributed by atoms with van der Waals surface area (Å²) in [5, 5.41) is 12.6. The topological polar surface area (TPSA) is 61.8 Å². The van der Waals surface area contributed by atoms with Crippen LogP contribution in [0.2, 0.25) is 0 Å². The van der Waals surface area contributed by atoms with E-state index in [0.717, 1.165) is 31.7 Å². The molecule has 2 rings (SSSR count). The Hall–Kier alpha value is -1.59. The lowest BCUT2D eigenvalue weighted by Crippen LogP contribution is -2.45. The number of benzene rings is 1. The van der Waals surface area contributed by atoms with Gasteiger partial charge in [0, 0.05) is 32.7 Å². The molecule has 5 nitrogen and oxygen atoms in total. The van der Waals surface area contributed by atoms with Crippen molar-refractivity contribution >= 4 is 5.97 Å². The minimum atomic E-state index is -0.302. The van der Waals surface area contributed by atoms with E-state index in [1.165, 1.54) is 7.11 Å². The monoisotopic (exact) mass is 264 g/mol. The number of carbonyl (C=O) groups excluding carboxylic acids is 1. The van der Waals surface area contributed by atoms with Gasteiger partial charge in [-0.2, -0.15) is 0 Å². The maximum atomic E-state index is 11.9. The number of methoxy groups -OCH3 is 1. The molecule has 0 aromatic heterocycles. The fraction of sp³-hybridized carbons (Fsp3) is 0.500. The van der Waals surface area contributed by atoms with E-state index in [1.807, 2.05) is 0 Å². The molecule has 0 amide bonds. The van der Waals surface area contributed by atoms with Gasteiger partial charge in [-0.1, -0.05) is 12.1 Å². The van der Waals surface area contributed by atoms with E-state index in [-0.39, 0.29) is 17.6 Å². The number of hydrogen-bond donors (Lipinski definition) is 2. The van der Waals surface area contributed by atoms with Crippen molar-refractivity contribution < 1.29 is 14.6 Å². The van der Waals surface area contributed by atoms with E-state index in [2.05, 4.69) is 10.2 Å². The lowest BCUT2D eigenvalue weighted by atomic mass is 9.98. The summed E-state index contributed by atoms with van der Waals surface area (Å²) in [6.45, 7) is 4.42. The number of carbonyl (C=O) groups is 1. The van der Waals surface area contributed by atoms with Crippen LogP contribution in [-0.4, -0.2) is 55.8 Å². The molecule has 0 bridgehead atoms. The second-order valence-corrected chi connectivity index (χ2v) is 4.72. The van der Waals surface area contributed by atoms with Crippen LogP contribution >= 0.6 is 0 Å². The minimum Gasteiger partial charge on any atom is -0.508 e. The Kier molecular flexibility index (Phi) is 4.76. The number of ether oxygens (including phenoxy) is 1. The number of aromatic hydroxyl groups is 1. The van der Waals surface area contributed by atoms with E-state index < -0.39 is 0 Å². The summed E-state index contributed by atoms with van der Waals surface area (Å²) in [4.78, 5) is 14.2. The SMILES string of the molecule is COC(=O)C(CN1CCNCC1)c1ccc(O)cc1. The molecule has 1 atom stereocenters. The van der Waals surface area contributed by atoms with Gasteiger partial charge in [-0.15, -0.1) is 0 Å². The van der Waals surface area contributed by atoms with Gasteiger partial charge in [-0.05, 0) is 17.7 Å². The smallest absolute Gasteiger partial charge is 0.314 e. The average molecular weight is 264 g/mol. The molecule has 2 N–H and O–H groups in total. The highest BCUT2D eigenvalue weighted by Crippen LogP contribution is 2.21. The van der Waals surface area contributed by atoms with Crippen LogP contribution in [-0.2, 0) is 9.53 Å². The molecule has 19 heavy (non-hydrogen) atoms. The molecule has 1 saturated heterocycles. The van der Waals surface area contributed by atoms with Gasteiger partial charge >= 0.3 is 5.97 Å². The van der Waals surface area contributed by atoms with Gasteiger partial charge in [0.15, 0.2) is 0 Å². The lowest BCUT2D eigenvalue weighted by molar-refractivity contribution is -0.143. The Bertz CT molecular complexity index is 413. The second kappa shape index (κ2) is 6.54. The quantitative estimate of drug-likeness (QED) is 0.778. The zero-order valence-electron chi connectivity index (χ0n) is 11.1. The number of nitrogens with one attached hydrogen (secondary N) is 1. The number of phenolic OH excluding ortho intramolecular Hbond substituents is 1. The third-order valence-electron chi connectivity index (χ3n) is 3.43. The molecule has 104 valence electrons. The maximum absolute atomic E-state index is 11.9. The molecule has 0 saturated carbocycles. The van der Waals surface area contributed by atoms with Gasteiger partial charge in [-0.25, -0.2) is 0 Å². The summed E-state index contributed by atoms with van der Waals surface area (Å²) >= 11 is 0. The molecular weight excluding hydrogens is 244 g/mol. The van der Waals surface area contributed by atoms with Crippen LogP contribution in [0.1, 0.15) is 11.5 Å². The summed E-state index contributed by atoms with van der Waals surface area (Å²) in [5.41, 5.74) is 0.878. The van der Waals surface area contributed by atoms with Crippen molar-refractivity contribution in [3.8, 4) is 5.75 Å². The Balaban J connectivity index is 2.10. The van der Waals surface area contributed by atoms with Crippen molar-refractivity contribution in [2.75, 3.05) is 39.8 Å². The zero-order valence-corrected chi connectivity index (χ0v) is 11.1. The Morgan fingerprint density at radius 1 is 1.37 bits per heavy atom. The first-order chi connectivity index (χ1) is 9.20. The molecular formula is C14H20N2O3. The van der Waals surface area contributed by atoms with E-state index in [0.29, 0.717) is 6.54 Å². The van der Waals surface area contributed by atoms with Crippen LogP contribution in [0.5, 0.6) is 5.75 Å². The number of hydrogen-bond acceptors (Lipinski definition) is 5. The predicted octanol–water partition coefficient (Wildman–Crippen LogP) is 0.554. The zero-order chi connectivity index (χ0) is 13.7. The molecule has 0 radical (unpaired) electrons. The lowest BCUT2D eigenvalue weighted by Gasteiger charge is -2.30. The predicted molar refractivity (Wildman–Crippen MR) is 72.2 cm³/mol. The fourth-order valence-electron chi connectivity index (χ4n) is 2.32. The minimum absolute atomic E-state index is 0.203. The molecule has 5 heteroatoms. The van der Waals surface area contributed by atoms with Crippen molar-refractivity contribution in [1.82, 2.24) is 10.2 Å². The molecule has 1 unspecified atom stereocenters. The fourth-order valence-corrected chi connectivity index (χ4v) is 2.32. The Labute approximate surface area is 113 Å². The molecule has 0 aliphatic carbocycles. The molecule has 1 fully saturated rings. The number of piperazine rings is 1. The second-order valence-electron chi connectivity index (χ2n) is 4.72. The summed E-state index contributed by atoms with van der Waals surface area (Å²) in [5.74, 6) is -0.331. The van der Waals surface area contributed by atoms with Crippen LogP contribution in [0.3, 0.4) is 0 Å². The Morgan fingerprint density at radius 3 is 2.58 bits per heavy atom. The summed E-state index contributed by atoms with van der Waals surface area (Å²) < 4.78 is 4.89. The number of phenols is 1. The van der Waals surface area contributed by atoms with Crippen molar-refractivity contribution in [2.45, 2.75) is 5.92 Å². The van der Waals surface area contributed by atoms with Crippen LogP contribution in [0.4, 0.5) is 0 Å². The summed E-state index contributed by atoms with van der Waals surface area (Å²) in [6.07, 6.45) is 0. The third kappa shape index (κ3) is 3.68. The standard InChI is InChI=1S/C14H20N2O3/c1-19-14(18)13(10-16-8-6-15-7-9-16)11-2-4-12(17)5-3-11/h2-5,13,15,17H,6-10H2,1H3. The van der Waals surface area contributed by atoms with Crippen molar-refractivity contribution in [3.05, 3.63) is 29.8 Å². The molecule has 1 aromatic carbocycles. The van der Waals surface area contributed by atoms with Gasteiger partial charge < -0.3 is 15.2 Å². The molecule has 1 aliphatic heterocycles. The van der Waals surface area contributed by atoms with Crippen molar-refractivity contribution in [1.29, 1.82) is 0 Å². The van der Waals surface area contributed by atoms with Gasteiger partial charge in [0.25, 0.3) is 0 Å². The largest absolute Gasteiger partial charge is 0.508 e. The summed E-state index contributed by atoms with van der Waals surface area (Å²) in [7, 11) is 1.41. The van der Waals surface area contributed by atoms with E-state index in [4.69, 9.17) is 4.74 Å². The molecule has 1 aliphatic rings. The van der Waals surface area contributed by atoms with E-state index >= 15 is 0 Å². The van der Waals surface area contributed by atoms with Gasteiger partial charge in [0.2, 0.25) is 0 Å².